The van der Waals surface area contributed by atoms with Crippen LogP contribution < -0.4 is 11.1 Å². The molecule has 0 aliphatic rings. The van der Waals surface area contributed by atoms with Crippen molar-refractivity contribution < 1.29 is 4.42 Å². The van der Waals surface area contributed by atoms with Gasteiger partial charge in [-0.3, -0.25) is 0 Å². The Morgan fingerprint density at radius 3 is 2.87 bits per heavy atom. The molecule has 0 saturated carbocycles. The van der Waals surface area contributed by atoms with Gasteiger partial charge in [-0.1, -0.05) is 0 Å². The van der Waals surface area contributed by atoms with Crippen LogP contribution in [0.3, 0.4) is 0 Å². The van der Waals surface area contributed by atoms with Crippen LogP contribution in [-0.4, -0.2) is 15.2 Å². The first-order valence-electron chi connectivity index (χ1n) is 4.66. The van der Waals surface area contributed by atoms with Gasteiger partial charge in [0.15, 0.2) is 0 Å². The van der Waals surface area contributed by atoms with Crippen LogP contribution in [0.5, 0.6) is 0 Å². The Hall–Kier alpha value is -1.98. The van der Waals surface area contributed by atoms with Gasteiger partial charge in [0, 0.05) is 0 Å². The van der Waals surface area contributed by atoms with Crippen molar-refractivity contribution in [3.8, 4) is 0 Å². The predicted molar refractivity (Wildman–Crippen MR) is 56.3 cm³/mol. The van der Waals surface area contributed by atoms with Gasteiger partial charge in [-0.15, -0.1) is 5.10 Å². The number of hydrogen-bond donors (Lipinski definition) is 3. The molecule has 4 N–H and O–H groups in total. The van der Waals surface area contributed by atoms with E-state index in [0.717, 1.165) is 11.5 Å². The number of aromatic amines is 1. The molecule has 15 heavy (non-hydrogen) atoms. The maximum atomic E-state index is 5.46. The van der Waals surface area contributed by atoms with E-state index in [1.165, 1.54) is 0 Å². The fraction of sp³-hybridized carbons (Fsp3) is 0.333. The molecule has 0 aromatic carbocycles. The summed E-state index contributed by atoms with van der Waals surface area (Å²) in [5.74, 6) is 2.48. The molecular weight excluding hydrogens is 194 g/mol. The number of furan rings is 1. The van der Waals surface area contributed by atoms with Crippen LogP contribution in [0.25, 0.3) is 0 Å². The summed E-state index contributed by atoms with van der Waals surface area (Å²) < 4.78 is 5.46. The number of hydrogen-bond acceptors (Lipinski definition) is 5. The van der Waals surface area contributed by atoms with Crippen LogP contribution in [0.2, 0.25) is 0 Å². The van der Waals surface area contributed by atoms with E-state index in [-0.39, 0.29) is 6.04 Å². The van der Waals surface area contributed by atoms with Crippen LogP contribution in [0.4, 0.5) is 11.9 Å². The lowest BCUT2D eigenvalue weighted by Gasteiger charge is -2.08. The highest BCUT2D eigenvalue weighted by Crippen LogP contribution is 2.18. The van der Waals surface area contributed by atoms with E-state index >= 15 is 0 Å². The van der Waals surface area contributed by atoms with Gasteiger partial charge >= 0.3 is 0 Å². The Labute approximate surface area is 86.9 Å². The quantitative estimate of drug-likeness (QED) is 0.708. The normalized spacial score (nSPS) is 12.7. The topological polar surface area (TPSA) is 92.8 Å². The third-order valence-electron chi connectivity index (χ3n) is 2.04. The van der Waals surface area contributed by atoms with E-state index in [9.17, 15) is 0 Å². The van der Waals surface area contributed by atoms with Crippen molar-refractivity contribution in [2.75, 3.05) is 11.1 Å². The third-order valence-corrected chi connectivity index (χ3v) is 2.04. The summed E-state index contributed by atoms with van der Waals surface area (Å²) in [6.45, 7) is 3.87. The molecule has 0 radical (unpaired) electrons. The highest BCUT2D eigenvalue weighted by Gasteiger charge is 2.11. The Morgan fingerprint density at radius 2 is 2.33 bits per heavy atom. The van der Waals surface area contributed by atoms with Crippen molar-refractivity contribution in [3.05, 3.63) is 23.7 Å². The Bertz CT molecular complexity index is 447. The molecular formula is C9H13N5O. The molecule has 0 aliphatic heterocycles. The van der Waals surface area contributed by atoms with Gasteiger partial charge < -0.3 is 15.5 Å². The zero-order valence-corrected chi connectivity index (χ0v) is 8.61. The SMILES string of the molecule is Cc1ccc(C(C)Nc2n[nH]c(N)n2)o1. The van der Waals surface area contributed by atoms with Crippen LogP contribution >= 0.6 is 0 Å². The van der Waals surface area contributed by atoms with Gasteiger partial charge in [-0.05, 0) is 26.0 Å². The van der Waals surface area contributed by atoms with E-state index in [4.69, 9.17) is 10.2 Å². The smallest absolute Gasteiger partial charge is 0.244 e. The highest BCUT2D eigenvalue weighted by molar-refractivity contribution is 5.32. The van der Waals surface area contributed by atoms with E-state index < -0.39 is 0 Å². The summed E-state index contributed by atoms with van der Waals surface area (Å²) in [5.41, 5.74) is 5.40. The molecule has 2 heterocycles. The number of aryl methyl sites for hydroxylation is 1. The molecule has 6 heteroatoms. The Balaban J connectivity index is 2.06. The summed E-state index contributed by atoms with van der Waals surface area (Å²) in [6, 6.07) is 3.84. The number of nitrogens with one attached hydrogen (secondary N) is 2. The molecule has 0 fully saturated rings. The second-order valence-electron chi connectivity index (χ2n) is 3.36. The maximum Gasteiger partial charge on any atom is 0.244 e. The number of aromatic nitrogens is 3. The molecule has 1 atom stereocenters. The van der Waals surface area contributed by atoms with Crippen molar-refractivity contribution >= 4 is 11.9 Å². The molecule has 2 aromatic heterocycles. The number of rotatable bonds is 3. The fourth-order valence-electron chi connectivity index (χ4n) is 1.29. The maximum absolute atomic E-state index is 5.46. The van der Waals surface area contributed by atoms with Crippen molar-refractivity contribution in [1.29, 1.82) is 0 Å². The monoisotopic (exact) mass is 207 g/mol. The van der Waals surface area contributed by atoms with Crippen molar-refractivity contribution in [2.24, 2.45) is 0 Å². The molecule has 0 spiro atoms. The zero-order chi connectivity index (χ0) is 10.8. The molecule has 0 saturated heterocycles. The highest BCUT2D eigenvalue weighted by atomic mass is 16.3. The minimum absolute atomic E-state index is 0.00824. The van der Waals surface area contributed by atoms with Crippen LogP contribution in [0.1, 0.15) is 24.5 Å². The average molecular weight is 207 g/mol. The molecule has 1 unspecified atom stereocenters. The first-order chi connectivity index (χ1) is 7.15. The molecule has 2 rings (SSSR count). The summed E-state index contributed by atoms with van der Waals surface area (Å²) in [5, 5.41) is 9.49. The molecule has 2 aromatic rings. The van der Waals surface area contributed by atoms with Crippen LogP contribution in [0.15, 0.2) is 16.5 Å². The van der Waals surface area contributed by atoms with Gasteiger partial charge in [0.05, 0.1) is 6.04 Å². The Kier molecular flexibility index (Phi) is 2.32. The summed E-state index contributed by atoms with van der Waals surface area (Å²) >= 11 is 0. The third kappa shape index (κ3) is 2.09. The second-order valence-corrected chi connectivity index (χ2v) is 3.36. The minimum Gasteiger partial charge on any atom is -0.464 e. The van der Waals surface area contributed by atoms with Gasteiger partial charge in [-0.25, -0.2) is 5.10 Å². The molecule has 0 amide bonds. The van der Waals surface area contributed by atoms with Gasteiger partial charge in [-0.2, -0.15) is 4.98 Å². The molecule has 80 valence electrons. The number of nitrogen functional groups attached to an aromatic ring is 1. The number of nitrogens with zero attached hydrogens (tertiary/aromatic N) is 2. The van der Waals surface area contributed by atoms with Gasteiger partial charge in [0.1, 0.15) is 11.5 Å². The van der Waals surface area contributed by atoms with E-state index in [1.54, 1.807) is 0 Å². The van der Waals surface area contributed by atoms with E-state index in [1.807, 2.05) is 26.0 Å². The number of H-pyrrole nitrogens is 1. The second kappa shape index (κ2) is 3.64. The number of nitrogens with two attached hydrogens (primary N) is 1. The molecule has 6 nitrogen and oxygen atoms in total. The zero-order valence-electron chi connectivity index (χ0n) is 8.61. The summed E-state index contributed by atoms with van der Waals surface area (Å²) in [6.07, 6.45) is 0. The lowest BCUT2D eigenvalue weighted by atomic mass is 10.2. The lowest BCUT2D eigenvalue weighted by molar-refractivity contribution is 0.466. The predicted octanol–water partition coefficient (Wildman–Crippen LogP) is 1.46. The van der Waals surface area contributed by atoms with Crippen LogP contribution in [0, 0.1) is 6.92 Å². The first-order valence-corrected chi connectivity index (χ1v) is 4.66. The van der Waals surface area contributed by atoms with Gasteiger partial charge in [0.2, 0.25) is 11.9 Å². The van der Waals surface area contributed by atoms with Gasteiger partial charge in [0.25, 0.3) is 0 Å². The summed E-state index contributed by atoms with van der Waals surface area (Å²) in [4.78, 5) is 3.94. The minimum atomic E-state index is 0.00824. The van der Waals surface area contributed by atoms with Crippen molar-refractivity contribution in [3.63, 3.8) is 0 Å². The Morgan fingerprint density at radius 1 is 1.53 bits per heavy atom. The molecule has 0 aliphatic carbocycles. The van der Waals surface area contributed by atoms with Crippen molar-refractivity contribution in [2.45, 2.75) is 19.9 Å². The molecule has 0 bridgehead atoms. The summed E-state index contributed by atoms with van der Waals surface area (Å²) in [7, 11) is 0. The first kappa shape index (κ1) is 9.57. The number of anilines is 2. The fourth-order valence-corrected chi connectivity index (χ4v) is 1.29. The average Bonchev–Trinajstić information content (AvgIpc) is 2.75. The largest absolute Gasteiger partial charge is 0.464 e. The van der Waals surface area contributed by atoms with Crippen LogP contribution in [-0.2, 0) is 0 Å². The standard InChI is InChI=1S/C9H13N5O/c1-5-3-4-7(15-5)6(2)11-9-12-8(10)13-14-9/h3-4,6H,1-2H3,(H4,10,11,12,13,14). The van der Waals surface area contributed by atoms with E-state index in [0.29, 0.717) is 11.9 Å². The lowest BCUT2D eigenvalue weighted by Crippen LogP contribution is -2.06. The van der Waals surface area contributed by atoms with E-state index in [2.05, 4.69) is 20.5 Å². The van der Waals surface area contributed by atoms with Crippen molar-refractivity contribution in [1.82, 2.24) is 15.2 Å².